The van der Waals surface area contributed by atoms with Crippen molar-refractivity contribution in [3.8, 4) is 17.2 Å². The third kappa shape index (κ3) is 4.35. The minimum absolute atomic E-state index is 0.368. The van der Waals surface area contributed by atoms with Gasteiger partial charge < -0.3 is 14.2 Å². The molecule has 0 aliphatic rings. The van der Waals surface area contributed by atoms with Crippen LogP contribution in [0.25, 0.3) is 6.08 Å². The van der Waals surface area contributed by atoms with Gasteiger partial charge in [-0.2, -0.15) is 0 Å². The van der Waals surface area contributed by atoms with Gasteiger partial charge in [0, 0.05) is 12.1 Å². The van der Waals surface area contributed by atoms with Gasteiger partial charge >= 0.3 is 0 Å². The first kappa shape index (κ1) is 15.6. The Balaban J connectivity index is 3.14. The molecule has 1 radical (unpaired) electrons. The van der Waals surface area contributed by atoms with Gasteiger partial charge in [0.05, 0.1) is 5.56 Å². The summed E-state index contributed by atoms with van der Waals surface area (Å²) in [6.07, 6.45) is 6.41. The molecule has 1 aromatic rings. The molecule has 0 aliphatic carbocycles. The van der Waals surface area contributed by atoms with E-state index in [2.05, 4.69) is 19.7 Å². The standard InChI is InChI=1S/C17H19O3/c1-5-9-18-14-12-16(19-10-6-2)15(8-4)17(13-14)20-11-7-3/h4-8,12-13H,1-3,9-11H2. The van der Waals surface area contributed by atoms with E-state index in [0.29, 0.717) is 42.6 Å². The number of ether oxygens (including phenoxy) is 3. The van der Waals surface area contributed by atoms with Crippen LogP contribution in [0.5, 0.6) is 17.2 Å². The van der Waals surface area contributed by atoms with E-state index in [4.69, 9.17) is 20.8 Å². The first-order valence-electron chi connectivity index (χ1n) is 6.20. The average molecular weight is 271 g/mol. The largest absolute Gasteiger partial charge is 0.489 e. The van der Waals surface area contributed by atoms with Crippen molar-refractivity contribution in [1.29, 1.82) is 0 Å². The van der Waals surface area contributed by atoms with Crippen molar-refractivity contribution in [2.45, 2.75) is 0 Å². The topological polar surface area (TPSA) is 27.7 Å². The molecule has 105 valence electrons. The zero-order chi connectivity index (χ0) is 14.8. The summed E-state index contributed by atoms with van der Waals surface area (Å²) >= 11 is 0. The van der Waals surface area contributed by atoms with Gasteiger partial charge in [-0.3, -0.25) is 0 Å². The Morgan fingerprint density at radius 2 is 1.30 bits per heavy atom. The quantitative estimate of drug-likeness (QED) is 0.605. The van der Waals surface area contributed by atoms with Gasteiger partial charge in [-0.05, 0) is 6.08 Å². The molecule has 0 N–H and O–H groups in total. The molecule has 0 amide bonds. The fourth-order valence-electron chi connectivity index (χ4n) is 1.52. The monoisotopic (exact) mass is 271 g/mol. The predicted molar refractivity (Wildman–Crippen MR) is 82.3 cm³/mol. The van der Waals surface area contributed by atoms with Gasteiger partial charge in [0.25, 0.3) is 0 Å². The van der Waals surface area contributed by atoms with E-state index in [0.717, 1.165) is 0 Å². The maximum atomic E-state index is 5.65. The molecule has 0 bridgehead atoms. The van der Waals surface area contributed by atoms with Crippen LogP contribution < -0.4 is 14.2 Å². The molecular formula is C17H19O3. The third-order valence-electron chi connectivity index (χ3n) is 2.33. The minimum atomic E-state index is 0.368. The molecule has 0 unspecified atom stereocenters. The van der Waals surface area contributed by atoms with Crippen molar-refractivity contribution >= 4 is 6.08 Å². The lowest BCUT2D eigenvalue weighted by atomic mass is 10.1. The molecule has 0 aliphatic heterocycles. The smallest absolute Gasteiger partial charge is 0.134 e. The van der Waals surface area contributed by atoms with Crippen LogP contribution >= 0.6 is 0 Å². The molecule has 1 aromatic carbocycles. The van der Waals surface area contributed by atoms with Crippen LogP contribution in [0, 0.1) is 6.58 Å². The predicted octanol–water partition coefficient (Wildman–Crippen LogP) is 3.83. The first-order chi connectivity index (χ1) is 9.76. The van der Waals surface area contributed by atoms with E-state index < -0.39 is 0 Å². The molecule has 0 aromatic heterocycles. The van der Waals surface area contributed by atoms with Crippen molar-refractivity contribution in [3.63, 3.8) is 0 Å². The molecule has 1 rings (SSSR count). The molecule has 0 saturated heterocycles. The lowest BCUT2D eigenvalue weighted by Gasteiger charge is -2.15. The van der Waals surface area contributed by atoms with Crippen molar-refractivity contribution in [1.82, 2.24) is 0 Å². The van der Waals surface area contributed by atoms with Gasteiger partial charge in [0.15, 0.2) is 0 Å². The Morgan fingerprint density at radius 1 is 0.850 bits per heavy atom. The SMILES string of the molecule is [CH]=Cc1c(OCC=C)cc(OCC=C)cc1OCC=C. The maximum absolute atomic E-state index is 5.65. The summed E-state index contributed by atoms with van der Waals surface area (Å²) in [5, 5.41) is 0. The van der Waals surface area contributed by atoms with Crippen molar-refractivity contribution in [2.24, 2.45) is 0 Å². The normalized spacial score (nSPS) is 9.40. The molecule has 0 heterocycles. The second-order valence-corrected chi connectivity index (χ2v) is 3.80. The molecule has 0 spiro atoms. The van der Waals surface area contributed by atoms with Crippen molar-refractivity contribution < 1.29 is 14.2 Å². The van der Waals surface area contributed by atoms with Crippen LogP contribution in [0.1, 0.15) is 5.56 Å². The number of hydrogen-bond acceptors (Lipinski definition) is 3. The van der Waals surface area contributed by atoms with Crippen LogP contribution in [-0.2, 0) is 0 Å². The molecular weight excluding hydrogens is 252 g/mol. The van der Waals surface area contributed by atoms with Crippen LogP contribution in [0.3, 0.4) is 0 Å². The Morgan fingerprint density at radius 3 is 1.70 bits per heavy atom. The summed E-state index contributed by atoms with van der Waals surface area (Å²) in [4.78, 5) is 0. The van der Waals surface area contributed by atoms with E-state index in [1.807, 2.05) is 0 Å². The lowest BCUT2D eigenvalue weighted by Crippen LogP contribution is -2.02. The first-order valence-corrected chi connectivity index (χ1v) is 6.20. The summed E-state index contributed by atoms with van der Waals surface area (Å²) in [5.41, 5.74) is 0.666. The molecule has 20 heavy (non-hydrogen) atoms. The van der Waals surface area contributed by atoms with E-state index in [1.165, 1.54) is 6.08 Å². The Hall–Kier alpha value is -2.42. The van der Waals surface area contributed by atoms with Gasteiger partial charge in [0.2, 0.25) is 0 Å². The van der Waals surface area contributed by atoms with Gasteiger partial charge in [-0.25, -0.2) is 0 Å². The number of rotatable bonds is 10. The summed E-state index contributed by atoms with van der Waals surface area (Å²) in [6.45, 7) is 17.6. The lowest BCUT2D eigenvalue weighted by molar-refractivity contribution is 0.327. The van der Waals surface area contributed by atoms with Gasteiger partial charge in [-0.15, -0.1) is 0 Å². The maximum Gasteiger partial charge on any atom is 0.134 e. The van der Waals surface area contributed by atoms with Crippen LogP contribution in [0.15, 0.2) is 50.1 Å². The molecule has 3 heteroatoms. The van der Waals surface area contributed by atoms with E-state index in [-0.39, 0.29) is 0 Å². The molecule has 3 nitrogen and oxygen atoms in total. The summed E-state index contributed by atoms with van der Waals surface area (Å²) in [5.74, 6) is 1.77. The van der Waals surface area contributed by atoms with Crippen LogP contribution in [0.4, 0.5) is 0 Å². The highest BCUT2D eigenvalue weighted by Crippen LogP contribution is 2.35. The van der Waals surface area contributed by atoms with Gasteiger partial charge in [0.1, 0.15) is 37.1 Å². The van der Waals surface area contributed by atoms with E-state index in [1.54, 1.807) is 30.4 Å². The average Bonchev–Trinajstić information content (AvgIpc) is 2.48. The number of hydrogen-bond donors (Lipinski definition) is 0. The minimum Gasteiger partial charge on any atom is -0.489 e. The highest BCUT2D eigenvalue weighted by Gasteiger charge is 2.11. The zero-order valence-electron chi connectivity index (χ0n) is 11.5. The number of benzene rings is 1. The third-order valence-corrected chi connectivity index (χ3v) is 2.33. The Kier molecular flexibility index (Phi) is 6.76. The van der Waals surface area contributed by atoms with Crippen LogP contribution in [-0.4, -0.2) is 19.8 Å². The summed E-state index contributed by atoms with van der Waals surface area (Å²) < 4.78 is 16.7. The summed E-state index contributed by atoms with van der Waals surface area (Å²) in [7, 11) is 0. The second-order valence-electron chi connectivity index (χ2n) is 3.80. The second kappa shape index (κ2) is 8.64. The van der Waals surface area contributed by atoms with E-state index in [9.17, 15) is 0 Å². The zero-order valence-corrected chi connectivity index (χ0v) is 11.5. The highest BCUT2D eigenvalue weighted by atomic mass is 16.5. The Bertz CT molecular complexity index is 456. The fraction of sp³-hybridized carbons (Fsp3) is 0.176. The highest BCUT2D eigenvalue weighted by molar-refractivity contribution is 5.65. The molecule has 0 saturated carbocycles. The van der Waals surface area contributed by atoms with Crippen molar-refractivity contribution in [2.75, 3.05) is 19.8 Å². The fourth-order valence-corrected chi connectivity index (χ4v) is 1.52. The molecule has 0 atom stereocenters. The van der Waals surface area contributed by atoms with Gasteiger partial charge in [-0.1, -0.05) is 44.5 Å². The summed E-state index contributed by atoms with van der Waals surface area (Å²) in [6, 6.07) is 3.51. The van der Waals surface area contributed by atoms with Crippen LogP contribution in [0.2, 0.25) is 0 Å². The molecule has 0 fully saturated rings. The Labute approximate surface area is 120 Å². The van der Waals surface area contributed by atoms with Crippen molar-refractivity contribution in [3.05, 3.63) is 62.2 Å². The van der Waals surface area contributed by atoms with E-state index >= 15 is 0 Å².